The Morgan fingerprint density at radius 1 is 1.44 bits per heavy atom. The van der Waals surface area contributed by atoms with E-state index in [1.165, 1.54) is 0 Å². The maximum Gasteiger partial charge on any atom is 0.262 e. The molecule has 16 heavy (non-hydrogen) atoms. The van der Waals surface area contributed by atoms with Gasteiger partial charge in [0, 0.05) is 12.5 Å². The molecule has 4 heteroatoms. The van der Waals surface area contributed by atoms with Gasteiger partial charge in [-0.25, -0.2) is 8.78 Å². The summed E-state index contributed by atoms with van der Waals surface area (Å²) in [5.74, 6) is -1.85. The Labute approximate surface area is 93.6 Å². The second-order valence-electron chi connectivity index (χ2n) is 4.17. The first-order chi connectivity index (χ1) is 7.53. The number of alkyl halides is 2. The molecular formula is C12H15F2NO. The van der Waals surface area contributed by atoms with Crippen LogP contribution in [0.1, 0.15) is 23.6 Å². The molecule has 1 aliphatic rings. The molecule has 1 saturated heterocycles. The van der Waals surface area contributed by atoms with Crippen molar-refractivity contribution in [2.75, 3.05) is 13.7 Å². The number of hydrogen-bond acceptors (Lipinski definition) is 2. The van der Waals surface area contributed by atoms with Crippen LogP contribution in [0.15, 0.2) is 18.2 Å². The zero-order valence-corrected chi connectivity index (χ0v) is 9.39. The molecule has 2 nitrogen and oxygen atoms in total. The number of rotatable bonds is 2. The van der Waals surface area contributed by atoms with Crippen LogP contribution < -0.4 is 10.1 Å². The van der Waals surface area contributed by atoms with Crippen molar-refractivity contribution in [1.29, 1.82) is 0 Å². The van der Waals surface area contributed by atoms with E-state index < -0.39 is 5.92 Å². The van der Waals surface area contributed by atoms with Crippen LogP contribution in [0, 0.1) is 6.92 Å². The Balaban J connectivity index is 2.28. The lowest BCUT2D eigenvalue weighted by atomic mass is 9.98. The van der Waals surface area contributed by atoms with E-state index in [-0.39, 0.29) is 19.0 Å². The Hall–Kier alpha value is -1.16. The average Bonchev–Trinajstić information content (AvgIpc) is 2.59. The first kappa shape index (κ1) is 11.3. The quantitative estimate of drug-likeness (QED) is 0.838. The van der Waals surface area contributed by atoms with E-state index in [2.05, 4.69) is 5.32 Å². The van der Waals surface area contributed by atoms with Gasteiger partial charge in [0.2, 0.25) is 0 Å². The molecular weight excluding hydrogens is 212 g/mol. The van der Waals surface area contributed by atoms with Crippen LogP contribution in [-0.4, -0.2) is 19.6 Å². The Kier molecular flexibility index (Phi) is 2.84. The van der Waals surface area contributed by atoms with Gasteiger partial charge in [-0.05, 0) is 24.1 Å². The van der Waals surface area contributed by atoms with E-state index in [9.17, 15) is 8.78 Å². The Bertz CT molecular complexity index is 393. The summed E-state index contributed by atoms with van der Waals surface area (Å²) in [6.45, 7) is 1.65. The molecule has 88 valence electrons. The van der Waals surface area contributed by atoms with E-state index in [1.807, 2.05) is 25.1 Å². The van der Waals surface area contributed by atoms with Crippen LogP contribution in [0.3, 0.4) is 0 Å². The lowest BCUT2D eigenvalue weighted by molar-refractivity contribution is 0.0210. The van der Waals surface area contributed by atoms with Crippen LogP contribution in [0.4, 0.5) is 8.78 Å². The first-order valence-electron chi connectivity index (χ1n) is 5.28. The summed E-state index contributed by atoms with van der Waals surface area (Å²) in [7, 11) is 1.59. The highest BCUT2D eigenvalue weighted by atomic mass is 19.3. The van der Waals surface area contributed by atoms with Gasteiger partial charge in [-0.1, -0.05) is 12.1 Å². The number of hydrogen-bond donors (Lipinski definition) is 1. The van der Waals surface area contributed by atoms with Crippen LogP contribution in [0.5, 0.6) is 5.75 Å². The van der Waals surface area contributed by atoms with Crippen LogP contribution in [0.25, 0.3) is 0 Å². The standard InChI is InChI=1S/C12H15F2NO/c1-8-9(4-3-5-11(8)16-2)10-6-12(13,14)7-15-10/h3-5,10,15H,6-7H2,1-2H3/t10-/m0/s1. The highest BCUT2D eigenvalue weighted by Gasteiger charge is 2.40. The molecule has 1 aliphatic heterocycles. The summed E-state index contributed by atoms with van der Waals surface area (Å²) in [4.78, 5) is 0. The van der Waals surface area contributed by atoms with Crippen molar-refractivity contribution in [3.8, 4) is 5.75 Å². The summed E-state index contributed by atoms with van der Waals surface area (Å²) in [6, 6.07) is 5.27. The van der Waals surface area contributed by atoms with E-state index in [4.69, 9.17) is 4.74 Å². The minimum atomic E-state index is -2.60. The van der Waals surface area contributed by atoms with E-state index in [0.717, 1.165) is 16.9 Å². The molecule has 1 atom stereocenters. The third-order valence-electron chi connectivity index (χ3n) is 3.03. The van der Waals surface area contributed by atoms with Crippen molar-refractivity contribution >= 4 is 0 Å². The second-order valence-corrected chi connectivity index (χ2v) is 4.17. The smallest absolute Gasteiger partial charge is 0.262 e. The maximum absolute atomic E-state index is 13.1. The van der Waals surface area contributed by atoms with Crippen molar-refractivity contribution in [2.24, 2.45) is 0 Å². The SMILES string of the molecule is COc1cccc([C@@H]2CC(F)(F)CN2)c1C. The molecule has 0 radical (unpaired) electrons. The van der Waals surface area contributed by atoms with Gasteiger partial charge in [-0.2, -0.15) is 0 Å². The van der Waals surface area contributed by atoms with Crippen LogP contribution in [-0.2, 0) is 0 Å². The normalized spacial score (nSPS) is 23.4. The minimum Gasteiger partial charge on any atom is -0.496 e. The van der Waals surface area contributed by atoms with Gasteiger partial charge >= 0.3 is 0 Å². The topological polar surface area (TPSA) is 21.3 Å². The van der Waals surface area contributed by atoms with Gasteiger partial charge in [-0.3, -0.25) is 0 Å². The fourth-order valence-electron chi connectivity index (χ4n) is 2.17. The summed E-state index contributed by atoms with van der Waals surface area (Å²) in [5, 5.41) is 2.85. The molecule has 0 aromatic heterocycles. The third kappa shape index (κ3) is 2.02. The Morgan fingerprint density at radius 2 is 2.19 bits per heavy atom. The average molecular weight is 227 g/mol. The molecule has 0 bridgehead atoms. The molecule has 1 aromatic carbocycles. The number of benzene rings is 1. The molecule has 1 aromatic rings. The molecule has 0 saturated carbocycles. The highest BCUT2D eigenvalue weighted by Crippen LogP contribution is 2.36. The van der Waals surface area contributed by atoms with Gasteiger partial charge in [0.25, 0.3) is 5.92 Å². The second kappa shape index (κ2) is 4.01. The summed E-state index contributed by atoms with van der Waals surface area (Å²) in [5.41, 5.74) is 1.83. The fourth-order valence-corrected chi connectivity index (χ4v) is 2.17. The van der Waals surface area contributed by atoms with Crippen molar-refractivity contribution < 1.29 is 13.5 Å². The van der Waals surface area contributed by atoms with Gasteiger partial charge in [0.05, 0.1) is 13.7 Å². The van der Waals surface area contributed by atoms with Gasteiger partial charge in [0.15, 0.2) is 0 Å². The first-order valence-corrected chi connectivity index (χ1v) is 5.28. The van der Waals surface area contributed by atoms with Gasteiger partial charge in [0.1, 0.15) is 5.75 Å². The van der Waals surface area contributed by atoms with Crippen molar-refractivity contribution in [1.82, 2.24) is 5.32 Å². The zero-order valence-electron chi connectivity index (χ0n) is 9.39. The van der Waals surface area contributed by atoms with E-state index >= 15 is 0 Å². The van der Waals surface area contributed by atoms with Crippen LogP contribution >= 0.6 is 0 Å². The van der Waals surface area contributed by atoms with Crippen molar-refractivity contribution in [3.63, 3.8) is 0 Å². The minimum absolute atomic E-state index is 0.138. The monoisotopic (exact) mass is 227 g/mol. The fraction of sp³-hybridized carbons (Fsp3) is 0.500. The summed E-state index contributed by atoms with van der Waals surface area (Å²) >= 11 is 0. The third-order valence-corrected chi connectivity index (χ3v) is 3.03. The lowest BCUT2D eigenvalue weighted by Crippen LogP contribution is -2.19. The molecule has 2 rings (SSSR count). The molecule has 0 amide bonds. The van der Waals surface area contributed by atoms with Gasteiger partial charge in [-0.15, -0.1) is 0 Å². The lowest BCUT2D eigenvalue weighted by Gasteiger charge is -2.15. The predicted molar refractivity (Wildman–Crippen MR) is 58.0 cm³/mol. The number of ether oxygens (including phenoxy) is 1. The zero-order chi connectivity index (χ0) is 11.8. The van der Waals surface area contributed by atoms with Crippen molar-refractivity contribution in [3.05, 3.63) is 29.3 Å². The van der Waals surface area contributed by atoms with E-state index in [0.29, 0.717) is 0 Å². The molecule has 0 unspecified atom stereocenters. The maximum atomic E-state index is 13.1. The summed E-state index contributed by atoms with van der Waals surface area (Å²) < 4.78 is 31.4. The van der Waals surface area contributed by atoms with Crippen LogP contribution in [0.2, 0.25) is 0 Å². The number of methoxy groups -OCH3 is 1. The predicted octanol–water partition coefficient (Wildman–Crippen LogP) is 2.67. The largest absolute Gasteiger partial charge is 0.496 e. The van der Waals surface area contributed by atoms with E-state index in [1.54, 1.807) is 7.11 Å². The molecule has 0 spiro atoms. The van der Waals surface area contributed by atoms with Crippen molar-refractivity contribution in [2.45, 2.75) is 25.3 Å². The molecule has 0 aliphatic carbocycles. The van der Waals surface area contributed by atoms with Gasteiger partial charge < -0.3 is 10.1 Å². The number of nitrogens with one attached hydrogen (secondary N) is 1. The molecule has 1 fully saturated rings. The summed E-state index contributed by atoms with van der Waals surface area (Å²) in [6.07, 6.45) is -0.138. The number of halogens is 2. The Morgan fingerprint density at radius 3 is 2.75 bits per heavy atom. The molecule has 1 N–H and O–H groups in total. The molecule has 1 heterocycles. The highest BCUT2D eigenvalue weighted by molar-refractivity contribution is 5.41.